The highest BCUT2D eigenvalue weighted by molar-refractivity contribution is 5.99. The maximum absolute atomic E-state index is 15.2. The summed E-state index contributed by atoms with van der Waals surface area (Å²) in [5, 5.41) is 39.3. The highest BCUT2D eigenvalue weighted by Crippen LogP contribution is 2.44. The molecule has 0 saturated carbocycles. The third-order valence-corrected chi connectivity index (χ3v) is 19.0. The molecule has 4 aliphatic heterocycles. The number of halogens is 2. The highest BCUT2D eigenvalue weighted by Gasteiger charge is 2.47. The van der Waals surface area contributed by atoms with Crippen LogP contribution in [0, 0.1) is 11.6 Å². The van der Waals surface area contributed by atoms with Gasteiger partial charge in [0.25, 0.3) is 11.1 Å². The topological polar surface area (TPSA) is 404 Å². The van der Waals surface area contributed by atoms with E-state index in [4.69, 9.17) is 43.1 Å². The molecule has 4 aliphatic rings. The van der Waals surface area contributed by atoms with Gasteiger partial charge in [0.15, 0.2) is 34.3 Å². The minimum Gasteiger partial charge on any atom is -0.494 e. The first kappa shape index (κ1) is 75.3. The van der Waals surface area contributed by atoms with E-state index in [1.54, 1.807) is 58.9 Å². The number of pyridine rings is 4. The lowest BCUT2D eigenvalue weighted by Crippen LogP contribution is -2.52. The van der Waals surface area contributed by atoms with Gasteiger partial charge in [-0.15, -0.1) is 0 Å². The Morgan fingerprint density at radius 1 is 0.593 bits per heavy atom. The lowest BCUT2D eigenvalue weighted by Gasteiger charge is -2.31. The van der Waals surface area contributed by atoms with Gasteiger partial charge in [-0.2, -0.15) is 0 Å². The van der Waals surface area contributed by atoms with E-state index in [-0.39, 0.29) is 144 Å². The summed E-state index contributed by atoms with van der Waals surface area (Å²) >= 11 is 0. The first-order valence-corrected chi connectivity index (χ1v) is 34.2. The molecule has 8 aromatic rings. The maximum Gasteiger partial charge on any atom is 0.411 e. The maximum atomic E-state index is 15.2. The number of ether oxygens (including phenoxy) is 7. The fourth-order valence-corrected chi connectivity index (χ4v) is 13.2. The van der Waals surface area contributed by atoms with E-state index in [9.17, 15) is 63.0 Å². The molecule has 564 valence electrons. The van der Waals surface area contributed by atoms with Crippen molar-refractivity contribution >= 4 is 87.0 Å². The first-order valence-electron chi connectivity index (χ1n) is 34.2. The highest BCUT2D eigenvalue weighted by atomic mass is 19.1. The molecule has 0 spiro atoms. The Balaban J connectivity index is 0.605. The van der Waals surface area contributed by atoms with E-state index >= 15 is 8.78 Å². The van der Waals surface area contributed by atoms with Crippen molar-refractivity contribution in [2.45, 2.75) is 143 Å². The van der Waals surface area contributed by atoms with Crippen molar-refractivity contribution in [3.05, 3.63) is 173 Å². The number of alkyl carbamates (subject to hydrolysis) is 2. The van der Waals surface area contributed by atoms with E-state index in [2.05, 4.69) is 31.9 Å². The zero-order valence-electron chi connectivity index (χ0n) is 60.0. The molecule has 0 unspecified atom stereocenters. The van der Waals surface area contributed by atoms with Crippen molar-refractivity contribution in [1.29, 1.82) is 0 Å². The summed E-state index contributed by atoms with van der Waals surface area (Å²) in [6, 6.07) is 18.2. The van der Waals surface area contributed by atoms with E-state index < -0.39 is 119 Å². The Morgan fingerprint density at radius 3 is 1.34 bits per heavy atom. The van der Waals surface area contributed by atoms with Crippen LogP contribution in [0.15, 0.2) is 94.5 Å². The number of aliphatic hydroxyl groups is 2. The van der Waals surface area contributed by atoms with Crippen LogP contribution in [0.2, 0.25) is 0 Å². The number of rotatable bonds is 22. The van der Waals surface area contributed by atoms with Gasteiger partial charge in [-0.3, -0.25) is 33.7 Å². The number of carbonyl (C=O) groups excluding carboxylic acids is 9. The third-order valence-electron chi connectivity index (χ3n) is 19.0. The summed E-state index contributed by atoms with van der Waals surface area (Å²) in [6.45, 7) is 7.54. The van der Waals surface area contributed by atoms with E-state index in [0.29, 0.717) is 44.2 Å². The van der Waals surface area contributed by atoms with Gasteiger partial charge < -0.3 is 84.4 Å². The van der Waals surface area contributed by atoms with Crippen LogP contribution in [0.5, 0.6) is 11.5 Å². The molecule has 108 heavy (non-hydrogen) atoms. The second kappa shape index (κ2) is 29.9. The smallest absolute Gasteiger partial charge is 0.411 e. The molecule has 31 nitrogen and oxygen atoms in total. The number of esters is 2. The van der Waals surface area contributed by atoms with Crippen molar-refractivity contribution in [1.82, 2.24) is 45.3 Å². The zero-order valence-corrected chi connectivity index (χ0v) is 60.0. The van der Waals surface area contributed by atoms with Gasteiger partial charge in [0.2, 0.25) is 23.6 Å². The predicted molar refractivity (Wildman–Crippen MR) is 379 cm³/mol. The van der Waals surface area contributed by atoms with Gasteiger partial charge in [-0.25, -0.2) is 42.7 Å². The minimum atomic E-state index is -2.09. The number of hydrogen-bond acceptors (Lipinski definition) is 22. The predicted octanol–water partition coefficient (Wildman–Crippen LogP) is 6.44. The first-order chi connectivity index (χ1) is 51.3. The van der Waals surface area contributed by atoms with Crippen LogP contribution in [0.4, 0.5) is 34.5 Å². The minimum absolute atomic E-state index is 0.0236. The number of aromatic nitrogens is 4. The summed E-state index contributed by atoms with van der Waals surface area (Å²) in [5.74, 6) is -6.49. The molecule has 33 heteroatoms. The number of carbonyl (C=O) groups is 9. The lowest BCUT2D eigenvalue weighted by molar-refractivity contribution is -0.172. The van der Waals surface area contributed by atoms with E-state index in [1.165, 1.54) is 85.7 Å². The number of fused-ring (bicyclic) bond motifs is 10. The number of nitrogens with zero attached hydrogens (tertiary/aromatic N) is 5. The largest absolute Gasteiger partial charge is 0.494 e. The van der Waals surface area contributed by atoms with Crippen LogP contribution in [0.25, 0.3) is 44.6 Å². The normalized spacial score (nSPS) is 16.3. The average molecular weight is 1490 g/mol. The van der Waals surface area contributed by atoms with Crippen LogP contribution in [0.3, 0.4) is 0 Å². The molecular formula is C75H75F2N11O20. The third kappa shape index (κ3) is 14.8. The van der Waals surface area contributed by atoms with Gasteiger partial charge in [-0.1, -0.05) is 38.1 Å². The second-order valence-corrected chi connectivity index (χ2v) is 27.2. The number of cyclic esters (lactones) is 2. The number of methoxy groups -OCH3 is 2. The van der Waals surface area contributed by atoms with E-state index in [0.717, 1.165) is 17.0 Å². The molecule has 0 fully saturated rings. The van der Waals surface area contributed by atoms with Crippen molar-refractivity contribution in [3.8, 4) is 34.3 Å². The second-order valence-electron chi connectivity index (χ2n) is 27.2. The van der Waals surface area contributed by atoms with Crippen LogP contribution in [-0.4, -0.2) is 133 Å². The van der Waals surface area contributed by atoms with Crippen LogP contribution in [0.1, 0.15) is 117 Å². The van der Waals surface area contributed by atoms with Crippen LogP contribution < -0.4 is 52.5 Å². The van der Waals surface area contributed by atoms with Crippen LogP contribution >= 0.6 is 0 Å². The van der Waals surface area contributed by atoms with Gasteiger partial charge in [0.1, 0.15) is 57.2 Å². The van der Waals surface area contributed by atoms with Crippen LogP contribution in [-0.2, 0) is 116 Å². The average Bonchev–Trinajstić information content (AvgIpc) is 1.54. The van der Waals surface area contributed by atoms with Crippen molar-refractivity contribution in [3.63, 3.8) is 0 Å². The van der Waals surface area contributed by atoms with E-state index in [1.807, 2.05) is 0 Å². The van der Waals surface area contributed by atoms with Gasteiger partial charge in [0.05, 0.1) is 72.2 Å². The summed E-state index contributed by atoms with van der Waals surface area (Å²) in [6.07, 6.45) is -2.93. The summed E-state index contributed by atoms with van der Waals surface area (Å²) in [4.78, 5) is 157. The number of amides is 7. The van der Waals surface area contributed by atoms with Gasteiger partial charge in [0, 0.05) is 69.6 Å². The number of hydrogen-bond donors (Lipinski definition) is 8. The SMILES string of the molecule is CC[C@@]1(O)C(=O)OCc2c1cc1n(c2=O)Cc2c-1nc1cc(F)c(OC)cc1c2CNC(=O)OCc1ccc(NC(=O)[C@H](C)NC(=O)CN(CC(=O)N[C@@H](C)C(=O)Nc2ccc(COC(=O)NCc3c4c(nc5cc(F)c(OC)cc35)-c3cc5c(c(=O)n3C4)COC(=O)[C@]5(O)CC)cc2)C(=O)OC(C)(C)C)cc1. The number of nitrogens with one attached hydrogen (secondary N) is 6. The van der Waals surface area contributed by atoms with Crippen molar-refractivity contribution in [2.75, 3.05) is 37.9 Å². The molecule has 12 rings (SSSR count). The molecule has 0 bridgehead atoms. The molecule has 7 amide bonds. The summed E-state index contributed by atoms with van der Waals surface area (Å²) in [5.41, 5.74) is -0.986. The Hall–Kier alpha value is -12.4. The zero-order chi connectivity index (χ0) is 77.6. The monoisotopic (exact) mass is 1490 g/mol. The summed E-state index contributed by atoms with van der Waals surface area (Å²) in [7, 11) is 2.58. The molecule has 0 aliphatic carbocycles. The molecular weight excluding hydrogens is 1410 g/mol. The molecule has 4 aromatic carbocycles. The lowest BCUT2D eigenvalue weighted by atomic mass is 9.86. The fourth-order valence-electron chi connectivity index (χ4n) is 13.2. The van der Waals surface area contributed by atoms with Crippen molar-refractivity contribution in [2.24, 2.45) is 0 Å². The van der Waals surface area contributed by atoms with Gasteiger partial charge >= 0.3 is 30.2 Å². The number of benzene rings is 4. The molecule has 8 N–H and O–H groups in total. The van der Waals surface area contributed by atoms with Crippen molar-refractivity contribution < 1.29 is 95.3 Å². The molecule has 8 heterocycles. The molecule has 0 radical (unpaired) electrons. The Labute approximate surface area is 613 Å². The van der Waals surface area contributed by atoms with Gasteiger partial charge in [-0.05, 0) is 118 Å². The standard InChI is InChI=1S/C75H75F2N11O20/c1-10-74(100)50-22-56-62-46(28-87(56)66(93)48(50)34-104-68(74)95)44(42-20-58(102-8)52(76)24-54(42)84-62)26-78-70(97)106-32-38-12-16-40(17-13-38)82-64(91)36(3)80-60(89)30-86(72(99)108-73(5,6)7)31-61(90)81-37(4)65(92)83-41-18-14-39(15-19-41)33-107-71(98)79-27-45-43-21-59(103-9)53(77)25-55(43)85-63-47(45)29-88-57(63)23-51-49(67(88)94)35-105-69(96)75(51,101)11-2/h12-25,36-37,100-101H,10-11,26-35H2,1-9H3,(H,78,97)(H,79,98)(H,80,89)(H,81,90)(H,82,91)(H,83,92)/t36-,37-,74-,75-/m0/s1. The molecule has 4 aromatic heterocycles. The molecule has 0 saturated heterocycles. The Bertz CT molecular complexity index is 4910. The number of anilines is 2. The quantitative estimate of drug-likeness (QED) is 0.0267. The molecule has 4 atom stereocenters. The Morgan fingerprint density at radius 2 is 0.981 bits per heavy atom. The fraction of sp³-hybridized carbons (Fsp3) is 0.347. The Kier molecular flexibility index (Phi) is 20.8. The summed E-state index contributed by atoms with van der Waals surface area (Å²) < 4.78 is 70.6.